The van der Waals surface area contributed by atoms with Gasteiger partial charge in [-0.15, -0.1) is 0 Å². The molecule has 0 aliphatic carbocycles. The zero-order chi connectivity index (χ0) is 26.4. The van der Waals surface area contributed by atoms with E-state index < -0.39 is 11.7 Å². The summed E-state index contributed by atoms with van der Waals surface area (Å²) in [6.45, 7) is 1.77. The van der Waals surface area contributed by atoms with Crippen molar-refractivity contribution in [3.63, 3.8) is 0 Å². The van der Waals surface area contributed by atoms with Gasteiger partial charge in [0.05, 0.1) is 41.1 Å². The molecule has 1 atom stereocenters. The number of ketones is 1. The molecule has 2 N–H and O–H groups in total. The van der Waals surface area contributed by atoms with Crippen molar-refractivity contribution in [2.45, 2.75) is 12.8 Å². The van der Waals surface area contributed by atoms with Crippen molar-refractivity contribution in [1.82, 2.24) is 5.32 Å². The molecule has 37 heavy (non-hydrogen) atoms. The van der Waals surface area contributed by atoms with Crippen molar-refractivity contribution >= 4 is 29.1 Å². The third-order valence-electron chi connectivity index (χ3n) is 5.89. The predicted molar refractivity (Wildman–Crippen MR) is 142 cm³/mol. The highest BCUT2D eigenvalue weighted by Gasteiger charge is 2.35. The van der Waals surface area contributed by atoms with Crippen molar-refractivity contribution in [1.29, 1.82) is 5.26 Å². The first kappa shape index (κ1) is 25.7. The van der Waals surface area contributed by atoms with Crippen LogP contribution in [0, 0.1) is 17.1 Å². The van der Waals surface area contributed by atoms with E-state index in [4.69, 9.17) is 4.74 Å². The summed E-state index contributed by atoms with van der Waals surface area (Å²) in [6, 6.07) is 24.0. The van der Waals surface area contributed by atoms with Crippen molar-refractivity contribution < 1.29 is 18.7 Å². The second kappa shape index (κ2) is 11.6. The summed E-state index contributed by atoms with van der Waals surface area (Å²) in [5.74, 6) is -1.09. The summed E-state index contributed by atoms with van der Waals surface area (Å²) >= 11 is 1.18. The molecule has 1 heterocycles. The number of nitrogens with zero attached hydrogens (tertiary/aromatic N) is 1. The van der Waals surface area contributed by atoms with Gasteiger partial charge in [-0.05, 0) is 48.9 Å². The number of para-hydroxylation sites is 2. The molecule has 186 valence electrons. The maximum Gasteiger partial charge on any atom is 0.254 e. The van der Waals surface area contributed by atoms with Crippen LogP contribution in [-0.2, 0) is 4.79 Å². The lowest BCUT2D eigenvalue weighted by Gasteiger charge is -2.30. The number of methoxy groups -OCH3 is 1. The first-order valence-corrected chi connectivity index (χ1v) is 12.4. The van der Waals surface area contributed by atoms with Crippen LogP contribution >= 0.6 is 11.8 Å². The van der Waals surface area contributed by atoms with Gasteiger partial charge in [0.15, 0.2) is 5.78 Å². The molecular weight excluding hydrogens is 489 g/mol. The van der Waals surface area contributed by atoms with E-state index in [1.165, 1.54) is 43.1 Å². The van der Waals surface area contributed by atoms with Crippen LogP contribution in [0.1, 0.15) is 28.8 Å². The van der Waals surface area contributed by atoms with E-state index in [1.807, 2.05) is 30.3 Å². The minimum absolute atomic E-state index is 0.0384. The van der Waals surface area contributed by atoms with Gasteiger partial charge in [0.1, 0.15) is 11.6 Å². The van der Waals surface area contributed by atoms with Gasteiger partial charge >= 0.3 is 0 Å². The van der Waals surface area contributed by atoms with Crippen LogP contribution in [-0.4, -0.2) is 24.6 Å². The lowest BCUT2D eigenvalue weighted by molar-refractivity contribution is -0.113. The quantitative estimate of drug-likeness (QED) is 0.371. The monoisotopic (exact) mass is 513 g/mol. The minimum atomic E-state index is -0.648. The topological polar surface area (TPSA) is 91.2 Å². The smallest absolute Gasteiger partial charge is 0.254 e. The number of Topliss-reactive ketones (excluding diaryl/α,β-unsaturated/α-hetero) is 1. The summed E-state index contributed by atoms with van der Waals surface area (Å²) in [6.07, 6.45) is 0. The number of nitrogens with one attached hydrogen (secondary N) is 2. The van der Waals surface area contributed by atoms with Crippen molar-refractivity contribution in [3.05, 3.63) is 118 Å². The zero-order valence-electron chi connectivity index (χ0n) is 20.2. The first-order chi connectivity index (χ1) is 17.9. The Balaban J connectivity index is 1.67. The Morgan fingerprint density at radius 1 is 1.05 bits per heavy atom. The largest absolute Gasteiger partial charge is 0.495 e. The van der Waals surface area contributed by atoms with Gasteiger partial charge in [-0.2, -0.15) is 5.26 Å². The van der Waals surface area contributed by atoms with Crippen molar-refractivity contribution in [2.24, 2.45) is 0 Å². The van der Waals surface area contributed by atoms with Crippen LogP contribution in [0.25, 0.3) is 0 Å². The molecule has 1 aliphatic heterocycles. The number of benzene rings is 3. The summed E-state index contributed by atoms with van der Waals surface area (Å²) in [5.41, 5.74) is 2.95. The summed E-state index contributed by atoms with van der Waals surface area (Å²) in [5, 5.41) is 16.8. The summed E-state index contributed by atoms with van der Waals surface area (Å²) in [7, 11) is 1.53. The molecule has 1 amide bonds. The molecule has 4 rings (SSSR count). The fraction of sp³-hybridized carbons (Fsp3) is 0.138. The van der Waals surface area contributed by atoms with E-state index in [0.29, 0.717) is 38.9 Å². The number of anilines is 1. The standard InChI is InChI=1S/C29H24FN3O3S/c1-18-26(28(35)33-23-10-6-7-11-25(23)36-2)27(20-8-4-3-5-9-20)22(16-31)29(32-18)37-17-24(34)19-12-14-21(30)15-13-19/h3-15,27,32H,17H2,1-2H3,(H,33,35)/t27-/m0/s1. The molecule has 0 spiro atoms. The van der Waals surface area contributed by atoms with Crippen LogP contribution in [0.4, 0.5) is 10.1 Å². The Labute approximate surface area is 218 Å². The number of carbonyl (C=O) groups excluding carboxylic acids is 2. The Bertz CT molecular complexity index is 1430. The minimum Gasteiger partial charge on any atom is -0.495 e. The van der Waals surface area contributed by atoms with Crippen molar-refractivity contribution in [3.8, 4) is 11.8 Å². The SMILES string of the molecule is COc1ccccc1NC(=O)C1=C(C)NC(SCC(=O)c2ccc(F)cc2)=C(C#N)[C@@H]1c1ccccc1. The number of halogens is 1. The normalized spacial score (nSPS) is 15.0. The van der Waals surface area contributed by atoms with Crippen LogP contribution in [0.15, 0.2) is 101 Å². The average molecular weight is 514 g/mol. The number of hydrogen-bond acceptors (Lipinski definition) is 6. The number of carbonyl (C=O) groups is 2. The van der Waals surface area contributed by atoms with Gasteiger partial charge in [0, 0.05) is 16.8 Å². The van der Waals surface area contributed by atoms with Gasteiger partial charge in [0.2, 0.25) is 0 Å². The van der Waals surface area contributed by atoms with Crippen molar-refractivity contribution in [2.75, 3.05) is 18.2 Å². The van der Waals surface area contributed by atoms with Gasteiger partial charge in [-0.25, -0.2) is 4.39 Å². The fourth-order valence-electron chi connectivity index (χ4n) is 4.10. The van der Waals surface area contributed by atoms with Crippen LogP contribution in [0.2, 0.25) is 0 Å². The van der Waals surface area contributed by atoms with Crippen LogP contribution in [0.5, 0.6) is 5.75 Å². The second-order valence-electron chi connectivity index (χ2n) is 8.24. The number of dihydropyridines is 1. The molecule has 3 aromatic carbocycles. The number of amides is 1. The highest BCUT2D eigenvalue weighted by atomic mass is 32.2. The molecule has 0 saturated heterocycles. The number of hydrogen-bond donors (Lipinski definition) is 2. The highest BCUT2D eigenvalue weighted by molar-refractivity contribution is 8.03. The molecule has 0 radical (unpaired) electrons. The molecule has 0 fully saturated rings. The molecule has 0 saturated carbocycles. The van der Waals surface area contributed by atoms with Gasteiger partial charge in [0.25, 0.3) is 5.91 Å². The summed E-state index contributed by atoms with van der Waals surface area (Å²) < 4.78 is 18.6. The van der Waals surface area contributed by atoms with E-state index in [-0.39, 0.29) is 17.4 Å². The van der Waals surface area contributed by atoms with Crippen LogP contribution in [0.3, 0.4) is 0 Å². The molecule has 0 bridgehead atoms. The van der Waals surface area contributed by atoms with E-state index in [1.54, 1.807) is 31.2 Å². The van der Waals surface area contributed by atoms with E-state index in [2.05, 4.69) is 16.7 Å². The average Bonchev–Trinajstić information content (AvgIpc) is 2.92. The molecule has 0 unspecified atom stereocenters. The molecule has 6 nitrogen and oxygen atoms in total. The number of ether oxygens (including phenoxy) is 1. The maximum atomic E-state index is 13.6. The van der Waals surface area contributed by atoms with E-state index >= 15 is 0 Å². The number of rotatable bonds is 8. The van der Waals surface area contributed by atoms with Gasteiger partial charge in [-0.1, -0.05) is 54.2 Å². The molecule has 0 aromatic heterocycles. The first-order valence-electron chi connectivity index (χ1n) is 11.5. The summed E-state index contributed by atoms with van der Waals surface area (Å²) in [4.78, 5) is 26.3. The Kier molecular flexibility index (Phi) is 8.06. The molecule has 8 heteroatoms. The third kappa shape index (κ3) is 5.74. The lowest BCUT2D eigenvalue weighted by Crippen LogP contribution is -2.31. The van der Waals surface area contributed by atoms with Gasteiger partial charge in [-0.3, -0.25) is 9.59 Å². The molecule has 3 aromatic rings. The second-order valence-corrected chi connectivity index (χ2v) is 9.22. The Hall–Kier alpha value is -4.35. The fourth-order valence-corrected chi connectivity index (χ4v) is 5.09. The predicted octanol–water partition coefficient (Wildman–Crippen LogP) is 5.79. The van der Waals surface area contributed by atoms with E-state index in [9.17, 15) is 19.2 Å². The maximum absolute atomic E-state index is 13.6. The Morgan fingerprint density at radius 3 is 2.41 bits per heavy atom. The third-order valence-corrected chi connectivity index (χ3v) is 6.91. The number of thioether (sulfide) groups is 1. The van der Waals surface area contributed by atoms with Crippen LogP contribution < -0.4 is 15.4 Å². The van der Waals surface area contributed by atoms with E-state index in [0.717, 1.165) is 5.56 Å². The van der Waals surface area contributed by atoms with Gasteiger partial charge < -0.3 is 15.4 Å². The molecular formula is C29H24FN3O3S. The highest BCUT2D eigenvalue weighted by Crippen LogP contribution is 2.41. The number of allylic oxidation sites excluding steroid dienone is 2. The number of nitriles is 1. The lowest BCUT2D eigenvalue weighted by atomic mass is 9.82. The molecule has 1 aliphatic rings. The zero-order valence-corrected chi connectivity index (χ0v) is 21.1. The Morgan fingerprint density at radius 2 is 1.73 bits per heavy atom.